The Labute approximate surface area is 209 Å². The van der Waals surface area contributed by atoms with E-state index in [1.165, 1.54) is 0 Å². The van der Waals surface area contributed by atoms with Crippen molar-refractivity contribution in [2.75, 3.05) is 26.4 Å². The second-order valence-corrected chi connectivity index (χ2v) is 9.26. The SMILES string of the molecule is OC[C@@H]1O[C@@H](OC[C@@H]2O[C@@H](OC[C@@H]3O[C@@H](O)[C@H](O)[C@H]3O)[C@H](O)[C@H]2O[C@@H]2O[C@@H](CO)[C@H](O)[C@H]2O)[C@H](O)[C@H]1O. The first-order chi connectivity index (χ1) is 17.6. The van der Waals surface area contributed by atoms with Crippen molar-refractivity contribution in [1.82, 2.24) is 0 Å². The summed E-state index contributed by atoms with van der Waals surface area (Å²) in [6, 6.07) is 0. The average Bonchev–Trinajstić information content (AvgIpc) is 3.52. The zero-order valence-corrected chi connectivity index (χ0v) is 19.4. The monoisotopic (exact) mass is 546 g/mol. The molecule has 216 valence electrons. The van der Waals surface area contributed by atoms with Crippen LogP contribution in [-0.4, -0.2) is 176 Å². The minimum absolute atomic E-state index is 0.428. The molecule has 0 spiro atoms. The molecule has 0 radical (unpaired) electrons. The molecule has 17 nitrogen and oxygen atoms in total. The molecule has 4 aliphatic heterocycles. The largest absolute Gasteiger partial charge is 0.394 e. The molecule has 16 atom stereocenters. The Balaban J connectivity index is 1.41. The molecule has 4 saturated heterocycles. The van der Waals surface area contributed by atoms with Crippen molar-refractivity contribution in [1.29, 1.82) is 0 Å². The highest BCUT2D eigenvalue weighted by molar-refractivity contribution is 4.94. The van der Waals surface area contributed by atoms with Crippen LogP contribution in [0.2, 0.25) is 0 Å². The van der Waals surface area contributed by atoms with Gasteiger partial charge in [0.1, 0.15) is 73.2 Å². The van der Waals surface area contributed by atoms with E-state index in [0.29, 0.717) is 0 Å². The van der Waals surface area contributed by atoms with E-state index in [-0.39, 0.29) is 0 Å². The fourth-order valence-electron chi connectivity index (χ4n) is 4.53. The van der Waals surface area contributed by atoms with Crippen LogP contribution in [0.3, 0.4) is 0 Å². The molecule has 0 bridgehead atoms. The summed E-state index contributed by atoms with van der Waals surface area (Å²) in [4.78, 5) is 0. The fraction of sp³-hybridized carbons (Fsp3) is 1.00. The highest BCUT2D eigenvalue weighted by Crippen LogP contribution is 2.32. The van der Waals surface area contributed by atoms with Crippen LogP contribution in [0.1, 0.15) is 0 Å². The van der Waals surface area contributed by atoms with E-state index in [1.807, 2.05) is 0 Å². The van der Waals surface area contributed by atoms with E-state index in [1.54, 1.807) is 0 Å². The number of rotatable bonds is 10. The summed E-state index contributed by atoms with van der Waals surface area (Å²) < 4.78 is 37.8. The Hall–Kier alpha value is -0.680. The third-order valence-corrected chi connectivity index (χ3v) is 6.77. The Morgan fingerprint density at radius 3 is 1.43 bits per heavy atom. The molecular formula is C20H34O17. The van der Waals surface area contributed by atoms with Crippen molar-refractivity contribution in [3.8, 4) is 0 Å². The summed E-state index contributed by atoms with van der Waals surface area (Å²) >= 11 is 0. The van der Waals surface area contributed by atoms with E-state index in [0.717, 1.165) is 0 Å². The summed E-state index contributed by atoms with van der Waals surface area (Å²) in [7, 11) is 0. The van der Waals surface area contributed by atoms with Gasteiger partial charge in [-0.3, -0.25) is 0 Å². The van der Waals surface area contributed by atoms with Gasteiger partial charge in [-0.1, -0.05) is 0 Å². The Bertz CT molecular complexity index is 731. The van der Waals surface area contributed by atoms with Crippen LogP contribution in [0, 0.1) is 0 Å². The second kappa shape index (κ2) is 12.2. The lowest BCUT2D eigenvalue weighted by Crippen LogP contribution is -2.44. The van der Waals surface area contributed by atoms with Crippen molar-refractivity contribution in [3.05, 3.63) is 0 Å². The first-order valence-electron chi connectivity index (χ1n) is 11.7. The van der Waals surface area contributed by atoms with Gasteiger partial charge in [0.2, 0.25) is 0 Å². The van der Waals surface area contributed by atoms with Gasteiger partial charge in [-0.2, -0.15) is 0 Å². The van der Waals surface area contributed by atoms with E-state index in [2.05, 4.69) is 0 Å². The Kier molecular flexibility index (Phi) is 9.69. The molecule has 10 N–H and O–H groups in total. The number of ether oxygens (including phenoxy) is 7. The molecule has 0 unspecified atom stereocenters. The maximum absolute atomic E-state index is 10.8. The maximum atomic E-state index is 10.8. The molecular weight excluding hydrogens is 512 g/mol. The van der Waals surface area contributed by atoms with Crippen molar-refractivity contribution in [2.24, 2.45) is 0 Å². The van der Waals surface area contributed by atoms with E-state index < -0.39 is 125 Å². The molecule has 4 aliphatic rings. The predicted octanol–water partition coefficient (Wildman–Crippen LogP) is -7.19. The van der Waals surface area contributed by atoms with Crippen LogP contribution in [-0.2, 0) is 33.2 Å². The van der Waals surface area contributed by atoms with Gasteiger partial charge in [-0.05, 0) is 0 Å². The molecule has 0 amide bonds. The fourth-order valence-corrected chi connectivity index (χ4v) is 4.53. The van der Waals surface area contributed by atoms with E-state index in [9.17, 15) is 51.1 Å². The molecule has 4 rings (SSSR count). The normalized spacial score (nSPS) is 52.4. The van der Waals surface area contributed by atoms with Crippen LogP contribution < -0.4 is 0 Å². The number of hydrogen-bond acceptors (Lipinski definition) is 17. The lowest BCUT2D eigenvalue weighted by atomic mass is 10.1. The van der Waals surface area contributed by atoms with Crippen LogP contribution >= 0.6 is 0 Å². The Morgan fingerprint density at radius 1 is 0.459 bits per heavy atom. The van der Waals surface area contributed by atoms with Crippen molar-refractivity contribution in [3.63, 3.8) is 0 Å². The van der Waals surface area contributed by atoms with Crippen molar-refractivity contribution < 1.29 is 84.2 Å². The van der Waals surface area contributed by atoms with Crippen molar-refractivity contribution >= 4 is 0 Å². The molecule has 17 heteroatoms. The first kappa shape index (κ1) is 29.3. The zero-order valence-electron chi connectivity index (χ0n) is 19.4. The minimum Gasteiger partial charge on any atom is -0.394 e. The predicted molar refractivity (Wildman–Crippen MR) is 110 cm³/mol. The quantitative estimate of drug-likeness (QED) is 0.122. The van der Waals surface area contributed by atoms with Gasteiger partial charge in [0.25, 0.3) is 0 Å². The van der Waals surface area contributed by atoms with E-state index >= 15 is 0 Å². The van der Waals surface area contributed by atoms with Gasteiger partial charge in [-0.15, -0.1) is 0 Å². The molecule has 0 aromatic heterocycles. The molecule has 37 heavy (non-hydrogen) atoms. The standard InChI is InChI=1S/C20H34O17/c21-1-5-9(23)13(27)18(34-5)32-4-8-16(37-20-14(28)10(24)6(2-22)35-20)15(29)19(36-8)31-3-7-11(25)12(26)17(30)33-7/h5-30H,1-4H2/t5-,6-,7-,8-,9-,10-,11-,12+,13+,14+,15+,16-,17+,18+,19+,20-/m0/s1. The van der Waals surface area contributed by atoms with Crippen molar-refractivity contribution in [2.45, 2.75) is 98.4 Å². The summed E-state index contributed by atoms with van der Waals surface area (Å²) in [6.07, 6.45) is -22.5. The smallest absolute Gasteiger partial charge is 0.187 e. The third kappa shape index (κ3) is 5.93. The van der Waals surface area contributed by atoms with Gasteiger partial charge < -0.3 is 84.2 Å². The second-order valence-electron chi connectivity index (χ2n) is 9.26. The Morgan fingerprint density at radius 2 is 0.919 bits per heavy atom. The van der Waals surface area contributed by atoms with Gasteiger partial charge in [0.15, 0.2) is 25.2 Å². The average molecular weight is 546 g/mol. The summed E-state index contributed by atoms with van der Waals surface area (Å²) in [5.74, 6) is 0. The van der Waals surface area contributed by atoms with Gasteiger partial charge >= 0.3 is 0 Å². The number of aliphatic hydroxyl groups is 10. The van der Waals surface area contributed by atoms with Crippen LogP contribution in [0.5, 0.6) is 0 Å². The summed E-state index contributed by atoms with van der Waals surface area (Å²) in [5.41, 5.74) is 0. The third-order valence-electron chi connectivity index (χ3n) is 6.77. The molecule has 0 aromatic rings. The highest BCUT2D eigenvalue weighted by Gasteiger charge is 2.52. The topological polar surface area (TPSA) is 267 Å². The number of aliphatic hydroxyl groups excluding tert-OH is 10. The van der Waals surface area contributed by atoms with Crippen LogP contribution in [0.25, 0.3) is 0 Å². The van der Waals surface area contributed by atoms with Gasteiger partial charge in [0.05, 0.1) is 26.4 Å². The van der Waals surface area contributed by atoms with Crippen LogP contribution in [0.4, 0.5) is 0 Å². The zero-order chi connectivity index (χ0) is 27.0. The summed E-state index contributed by atoms with van der Waals surface area (Å²) in [6.45, 7) is -2.06. The summed E-state index contributed by atoms with van der Waals surface area (Å²) in [5, 5.41) is 98.6. The minimum atomic E-state index is -1.64. The van der Waals surface area contributed by atoms with Gasteiger partial charge in [-0.25, -0.2) is 0 Å². The molecule has 0 aromatic carbocycles. The molecule has 0 aliphatic carbocycles. The van der Waals surface area contributed by atoms with Gasteiger partial charge in [0, 0.05) is 0 Å². The maximum Gasteiger partial charge on any atom is 0.187 e. The highest BCUT2D eigenvalue weighted by atomic mass is 16.8. The molecule has 4 fully saturated rings. The lowest BCUT2D eigenvalue weighted by Gasteiger charge is -2.26. The molecule has 0 saturated carbocycles. The number of hydrogen-bond donors (Lipinski definition) is 10. The van der Waals surface area contributed by atoms with Crippen LogP contribution in [0.15, 0.2) is 0 Å². The van der Waals surface area contributed by atoms with E-state index in [4.69, 9.17) is 33.2 Å². The first-order valence-corrected chi connectivity index (χ1v) is 11.7. The molecule has 4 heterocycles. The lowest BCUT2D eigenvalue weighted by molar-refractivity contribution is -0.228.